The van der Waals surface area contributed by atoms with E-state index < -0.39 is 0 Å². The lowest BCUT2D eigenvalue weighted by Crippen LogP contribution is -1.99. The first-order valence-electron chi connectivity index (χ1n) is 6.64. The molecule has 3 nitrogen and oxygen atoms in total. The van der Waals surface area contributed by atoms with Gasteiger partial charge in [-0.05, 0) is 53.9 Å². The van der Waals surface area contributed by atoms with Crippen molar-refractivity contribution in [1.82, 2.24) is 0 Å². The van der Waals surface area contributed by atoms with Crippen LogP contribution in [0.5, 0.6) is 11.5 Å². The van der Waals surface area contributed by atoms with Crippen LogP contribution in [0.15, 0.2) is 30.3 Å². The summed E-state index contributed by atoms with van der Waals surface area (Å²) in [5.41, 5.74) is 0.893. The van der Waals surface area contributed by atoms with Crippen LogP contribution in [-0.2, 0) is 11.2 Å². The fourth-order valence-corrected chi connectivity index (χ4v) is 2.27. The van der Waals surface area contributed by atoms with Gasteiger partial charge >= 0.3 is 0 Å². The zero-order valence-corrected chi connectivity index (χ0v) is 12.4. The molecular weight excluding hydrogens is 276 g/mol. The summed E-state index contributed by atoms with van der Waals surface area (Å²) in [6, 6.07) is 9.71. The SMILES string of the molecule is CCOc1cc2ccc(CC(=O)Cl)cc2cc1OCC. The summed E-state index contributed by atoms with van der Waals surface area (Å²) < 4.78 is 11.2. The van der Waals surface area contributed by atoms with Gasteiger partial charge in [-0.2, -0.15) is 0 Å². The molecule has 2 rings (SSSR count). The van der Waals surface area contributed by atoms with Gasteiger partial charge in [0, 0.05) is 6.42 Å². The molecule has 0 spiro atoms. The highest BCUT2D eigenvalue weighted by atomic mass is 35.5. The van der Waals surface area contributed by atoms with E-state index in [9.17, 15) is 4.79 Å². The zero-order valence-electron chi connectivity index (χ0n) is 11.6. The predicted octanol–water partition coefficient (Wildman–Crippen LogP) is 3.95. The van der Waals surface area contributed by atoms with E-state index in [1.807, 2.05) is 44.2 Å². The molecule has 0 amide bonds. The molecule has 0 aliphatic carbocycles. The van der Waals surface area contributed by atoms with Crippen molar-refractivity contribution < 1.29 is 14.3 Å². The summed E-state index contributed by atoms with van der Waals surface area (Å²) in [5, 5.41) is 1.69. The van der Waals surface area contributed by atoms with E-state index >= 15 is 0 Å². The van der Waals surface area contributed by atoms with Gasteiger partial charge in [-0.3, -0.25) is 4.79 Å². The van der Waals surface area contributed by atoms with Gasteiger partial charge in [-0.1, -0.05) is 18.2 Å². The molecule has 2 aromatic carbocycles. The molecule has 0 bridgehead atoms. The highest BCUT2D eigenvalue weighted by Crippen LogP contribution is 2.33. The van der Waals surface area contributed by atoms with Crippen LogP contribution >= 0.6 is 11.6 Å². The van der Waals surface area contributed by atoms with Gasteiger partial charge in [0.05, 0.1) is 13.2 Å². The lowest BCUT2D eigenvalue weighted by molar-refractivity contribution is -0.111. The van der Waals surface area contributed by atoms with Crippen LogP contribution < -0.4 is 9.47 Å². The lowest BCUT2D eigenvalue weighted by atomic mass is 10.0. The Morgan fingerprint density at radius 3 is 2.15 bits per heavy atom. The molecule has 0 aromatic heterocycles. The van der Waals surface area contributed by atoms with Gasteiger partial charge in [-0.15, -0.1) is 0 Å². The summed E-state index contributed by atoms with van der Waals surface area (Å²) in [6.07, 6.45) is 0.231. The second-order valence-electron chi connectivity index (χ2n) is 4.38. The maximum atomic E-state index is 11.0. The first kappa shape index (κ1) is 14.7. The zero-order chi connectivity index (χ0) is 14.5. The fraction of sp³-hybridized carbons (Fsp3) is 0.312. The van der Waals surface area contributed by atoms with E-state index in [0.717, 1.165) is 27.8 Å². The molecule has 0 aliphatic rings. The summed E-state index contributed by atoms with van der Waals surface area (Å²) in [6.45, 7) is 5.04. The maximum absolute atomic E-state index is 11.0. The molecule has 0 saturated heterocycles. The van der Waals surface area contributed by atoms with Crippen LogP contribution in [0.25, 0.3) is 10.8 Å². The van der Waals surface area contributed by atoms with E-state index in [2.05, 4.69) is 0 Å². The lowest BCUT2D eigenvalue weighted by Gasteiger charge is -2.12. The van der Waals surface area contributed by atoms with Crippen LogP contribution in [0.4, 0.5) is 0 Å². The Labute approximate surface area is 123 Å². The van der Waals surface area contributed by atoms with Crippen LogP contribution in [0.1, 0.15) is 19.4 Å². The third kappa shape index (κ3) is 3.42. The number of ether oxygens (including phenoxy) is 2. The van der Waals surface area contributed by atoms with Gasteiger partial charge in [0.25, 0.3) is 0 Å². The Hall–Kier alpha value is -1.74. The molecule has 20 heavy (non-hydrogen) atoms. The Kier molecular flexibility index (Phi) is 4.85. The largest absolute Gasteiger partial charge is 0.490 e. The third-order valence-electron chi connectivity index (χ3n) is 2.91. The Morgan fingerprint density at radius 2 is 1.60 bits per heavy atom. The average molecular weight is 293 g/mol. The van der Waals surface area contributed by atoms with Crippen molar-refractivity contribution in [3.63, 3.8) is 0 Å². The van der Waals surface area contributed by atoms with Gasteiger partial charge in [0.1, 0.15) is 0 Å². The van der Waals surface area contributed by atoms with Crippen molar-refractivity contribution in [2.75, 3.05) is 13.2 Å². The minimum atomic E-state index is -0.361. The van der Waals surface area contributed by atoms with Gasteiger partial charge < -0.3 is 9.47 Å². The van der Waals surface area contributed by atoms with Gasteiger partial charge in [-0.25, -0.2) is 0 Å². The number of hydrogen-bond acceptors (Lipinski definition) is 3. The molecule has 0 saturated carbocycles. The van der Waals surface area contributed by atoms with E-state index in [1.54, 1.807) is 0 Å². The van der Waals surface area contributed by atoms with Crippen LogP contribution in [0.3, 0.4) is 0 Å². The second kappa shape index (κ2) is 6.62. The monoisotopic (exact) mass is 292 g/mol. The molecule has 0 N–H and O–H groups in total. The highest BCUT2D eigenvalue weighted by Gasteiger charge is 2.08. The number of carbonyl (C=O) groups is 1. The van der Waals surface area contributed by atoms with Crippen molar-refractivity contribution in [2.24, 2.45) is 0 Å². The number of benzene rings is 2. The molecule has 0 unspecified atom stereocenters. The van der Waals surface area contributed by atoms with Crippen molar-refractivity contribution in [1.29, 1.82) is 0 Å². The van der Waals surface area contributed by atoms with Crippen molar-refractivity contribution in [3.8, 4) is 11.5 Å². The van der Waals surface area contributed by atoms with Crippen molar-refractivity contribution >= 4 is 27.6 Å². The Balaban J connectivity index is 2.46. The topological polar surface area (TPSA) is 35.5 Å². The standard InChI is InChI=1S/C16H17ClO3/c1-3-19-14-9-12-6-5-11(8-16(17)18)7-13(12)10-15(14)20-4-2/h5-7,9-10H,3-4,8H2,1-2H3. The van der Waals surface area contributed by atoms with Crippen molar-refractivity contribution in [3.05, 3.63) is 35.9 Å². The molecule has 4 heteroatoms. The van der Waals surface area contributed by atoms with E-state index in [4.69, 9.17) is 21.1 Å². The minimum Gasteiger partial charge on any atom is -0.490 e. The maximum Gasteiger partial charge on any atom is 0.226 e. The molecule has 0 radical (unpaired) electrons. The first-order chi connectivity index (χ1) is 9.63. The van der Waals surface area contributed by atoms with Crippen LogP contribution in [-0.4, -0.2) is 18.5 Å². The number of carbonyl (C=O) groups excluding carboxylic acids is 1. The molecule has 0 fully saturated rings. The first-order valence-corrected chi connectivity index (χ1v) is 7.02. The summed E-state index contributed by atoms with van der Waals surface area (Å²) in [4.78, 5) is 11.0. The fourth-order valence-electron chi connectivity index (χ4n) is 2.11. The van der Waals surface area contributed by atoms with Crippen LogP contribution in [0.2, 0.25) is 0 Å². The second-order valence-corrected chi connectivity index (χ2v) is 4.80. The normalized spacial score (nSPS) is 10.6. The minimum absolute atomic E-state index is 0.231. The highest BCUT2D eigenvalue weighted by molar-refractivity contribution is 6.63. The summed E-state index contributed by atoms with van der Waals surface area (Å²) in [5.74, 6) is 1.46. The predicted molar refractivity (Wildman–Crippen MR) is 80.9 cm³/mol. The number of halogens is 1. The number of hydrogen-bond donors (Lipinski definition) is 0. The van der Waals surface area contributed by atoms with Gasteiger partial charge in [0.2, 0.25) is 5.24 Å². The van der Waals surface area contributed by atoms with Crippen LogP contribution in [0, 0.1) is 0 Å². The third-order valence-corrected chi connectivity index (χ3v) is 3.04. The number of rotatable bonds is 6. The molecule has 0 heterocycles. The molecule has 106 valence electrons. The van der Waals surface area contributed by atoms with Crippen molar-refractivity contribution in [2.45, 2.75) is 20.3 Å². The average Bonchev–Trinajstić information content (AvgIpc) is 2.39. The van der Waals surface area contributed by atoms with E-state index in [0.29, 0.717) is 13.2 Å². The van der Waals surface area contributed by atoms with E-state index in [-0.39, 0.29) is 11.7 Å². The van der Waals surface area contributed by atoms with E-state index in [1.165, 1.54) is 0 Å². The molecule has 2 aromatic rings. The molecule has 0 aliphatic heterocycles. The Morgan fingerprint density at radius 1 is 1.00 bits per heavy atom. The number of fused-ring (bicyclic) bond motifs is 1. The molecular formula is C16H17ClO3. The smallest absolute Gasteiger partial charge is 0.226 e. The Bertz CT molecular complexity index is 622. The summed E-state index contributed by atoms with van der Waals surface area (Å²) >= 11 is 5.43. The van der Waals surface area contributed by atoms with Gasteiger partial charge in [0.15, 0.2) is 11.5 Å². The quantitative estimate of drug-likeness (QED) is 0.756. The molecule has 0 atom stereocenters. The summed E-state index contributed by atoms with van der Waals surface area (Å²) in [7, 11) is 0.